The molecule has 0 unspecified atom stereocenters. The van der Waals surface area contributed by atoms with Gasteiger partial charge in [-0.1, -0.05) is 24.3 Å². The van der Waals surface area contributed by atoms with Gasteiger partial charge in [0.2, 0.25) is 11.2 Å². The molecule has 0 radical (unpaired) electrons. The van der Waals surface area contributed by atoms with Crippen LogP contribution in [0.25, 0.3) is 22.1 Å². The monoisotopic (exact) mass is 747 g/mol. The summed E-state index contributed by atoms with van der Waals surface area (Å²) in [6.07, 6.45) is 1.54. The van der Waals surface area contributed by atoms with Crippen molar-refractivity contribution in [2.75, 3.05) is 26.3 Å². The van der Waals surface area contributed by atoms with Crippen LogP contribution in [0.2, 0.25) is 0 Å². The van der Waals surface area contributed by atoms with E-state index in [1.807, 2.05) is 69.1 Å². The minimum atomic E-state index is -0.322. The SMILES string of the molecule is CCn1nc(C)cc1C(=O)N=c1n(C)c2cccc(CN3CCOCC3)c2n1[C@H](C)CC[C@H](C)n1c(=NC(=O)c2cc(C)nn2CC)n(C)c2ccccc21. The first kappa shape index (κ1) is 38.0. The number of fused-ring (bicyclic) bond motifs is 2. The minimum absolute atomic E-state index is 0.0229. The van der Waals surface area contributed by atoms with Crippen LogP contribution in [0.3, 0.4) is 0 Å². The van der Waals surface area contributed by atoms with E-state index in [1.165, 1.54) is 5.56 Å². The zero-order valence-electron chi connectivity index (χ0n) is 33.4. The van der Waals surface area contributed by atoms with E-state index >= 15 is 0 Å². The fourth-order valence-corrected chi connectivity index (χ4v) is 8.02. The first-order chi connectivity index (χ1) is 26.5. The molecule has 7 rings (SSSR count). The van der Waals surface area contributed by atoms with E-state index in [4.69, 9.17) is 14.7 Å². The van der Waals surface area contributed by atoms with Gasteiger partial charge in [0.25, 0.3) is 11.8 Å². The predicted molar refractivity (Wildman–Crippen MR) is 212 cm³/mol. The quantitative estimate of drug-likeness (QED) is 0.179. The van der Waals surface area contributed by atoms with Crippen LogP contribution in [0.4, 0.5) is 0 Å². The highest BCUT2D eigenvalue weighted by Crippen LogP contribution is 2.28. The van der Waals surface area contributed by atoms with Gasteiger partial charge < -0.3 is 23.0 Å². The van der Waals surface area contributed by atoms with Crippen LogP contribution in [0.15, 0.2) is 64.6 Å². The molecular formula is C41H53N11O3. The maximum absolute atomic E-state index is 13.9. The zero-order chi connectivity index (χ0) is 39.0. The average molecular weight is 748 g/mol. The summed E-state index contributed by atoms with van der Waals surface area (Å²) in [5.41, 5.74) is 8.97. The lowest BCUT2D eigenvalue weighted by Crippen LogP contribution is -2.36. The third kappa shape index (κ3) is 7.28. The highest BCUT2D eigenvalue weighted by molar-refractivity contribution is 5.94. The molecule has 0 aliphatic carbocycles. The van der Waals surface area contributed by atoms with Crippen LogP contribution in [0.1, 0.15) is 90.5 Å². The number of amides is 2. The first-order valence-corrected chi connectivity index (χ1v) is 19.4. The van der Waals surface area contributed by atoms with Crippen molar-refractivity contribution in [3.05, 3.63) is 94.2 Å². The van der Waals surface area contributed by atoms with Crippen LogP contribution in [0, 0.1) is 13.8 Å². The summed E-state index contributed by atoms with van der Waals surface area (Å²) in [6.45, 7) is 17.2. The lowest BCUT2D eigenvalue weighted by atomic mass is 10.1. The number of hydrogen-bond donors (Lipinski definition) is 0. The number of aryl methyl sites for hydroxylation is 6. The van der Waals surface area contributed by atoms with Gasteiger partial charge in [0, 0.05) is 58.9 Å². The fourth-order valence-electron chi connectivity index (χ4n) is 8.02. The summed E-state index contributed by atoms with van der Waals surface area (Å²) in [6, 6.07) is 18.1. The molecule has 2 atom stereocenters. The van der Waals surface area contributed by atoms with E-state index in [2.05, 4.69) is 68.4 Å². The minimum Gasteiger partial charge on any atom is -0.379 e. The van der Waals surface area contributed by atoms with Gasteiger partial charge in [0.05, 0.1) is 46.7 Å². The first-order valence-electron chi connectivity index (χ1n) is 19.4. The molecule has 55 heavy (non-hydrogen) atoms. The number of morpholine rings is 1. The number of carbonyl (C=O) groups is 2. The molecule has 1 fully saturated rings. The second kappa shape index (κ2) is 15.8. The van der Waals surface area contributed by atoms with Gasteiger partial charge in [-0.3, -0.25) is 23.9 Å². The maximum Gasteiger partial charge on any atom is 0.298 e. The van der Waals surface area contributed by atoms with Crippen molar-refractivity contribution in [2.45, 2.75) is 86.1 Å². The summed E-state index contributed by atoms with van der Waals surface area (Å²) >= 11 is 0. The van der Waals surface area contributed by atoms with Crippen molar-refractivity contribution < 1.29 is 14.3 Å². The third-order valence-corrected chi connectivity index (χ3v) is 10.9. The zero-order valence-corrected chi connectivity index (χ0v) is 33.4. The topological polar surface area (TPSA) is 127 Å². The molecule has 0 N–H and O–H groups in total. The molecule has 1 aliphatic heterocycles. The lowest BCUT2D eigenvalue weighted by Gasteiger charge is -2.27. The van der Waals surface area contributed by atoms with Gasteiger partial charge in [-0.05, 0) is 90.3 Å². The molecule has 14 nitrogen and oxygen atoms in total. The Bertz CT molecular complexity index is 2510. The van der Waals surface area contributed by atoms with Crippen LogP contribution in [0.5, 0.6) is 0 Å². The Labute approximate surface area is 321 Å². The molecule has 1 aliphatic rings. The number of rotatable bonds is 11. The number of imidazole rings is 2. The summed E-state index contributed by atoms with van der Waals surface area (Å²) in [5.74, 6) is -0.642. The molecule has 0 spiro atoms. The Morgan fingerprint density at radius 1 is 0.727 bits per heavy atom. The highest BCUT2D eigenvalue weighted by atomic mass is 16.5. The number of nitrogens with zero attached hydrogens (tertiary/aromatic N) is 11. The van der Waals surface area contributed by atoms with Crippen molar-refractivity contribution in [3.63, 3.8) is 0 Å². The molecule has 1 saturated heterocycles. The van der Waals surface area contributed by atoms with Crippen LogP contribution in [-0.2, 0) is 38.5 Å². The third-order valence-electron chi connectivity index (χ3n) is 10.9. The number of para-hydroxylation sites is 3. The highest BCUT2D eigenvalue weighted by Gasteiger charge is 2.24. The number of ether oxygens (including phenoxy) is 1. The van der Waals surface area contributed by atoms with Gasteiger partial charge in [-0.15, -0.1) is 0 Å². The largest absolute Gasteiger partial charge is 0.379 e. The van der Waals surface area contributed by atoms with Gasteiger partial charge in [0.15, 0.2) is 0 Å². The fraction of sp³-hybridized carbons (Fsp3) is 0.463. The molecule has 14 heteroatoms. The average Bonchev–Trinajstić information content (AvgIpc) is 3.92. The maximum atomic E-state index is 13.9. The molecule has 290 valence electrons. The molecule has 0 saturated carbocycles. The van der Waals surface area contributed by atoms with Gasteiger partial charge in [-0.2, -0.15) is 20.2 Å². The van der Waals surface area contributed by atoms with E-state index in [9.17, 15) is 9.59 Å². The van der Waals surface area contributed by atoms with Crippen LogP contribution >= 0.6 is 0 Å². The van der Waals surface area contributed by atoms with E-state index in [-0.39, 0.29) is 23.9 Å². The Morgan fingerprint density at radius 3 is 1.82 bits per heavy atom. The molecule has 0 bridgehead atoms. The Hall–Kier alpha value is -5.34. The number of carbonyl (C=O) groups excluding carboxylic acids is 2. The summed E-state index contributed by atoms with van der Waals surface area (Å²) in [4.78, 5) is 39.7. The van der Waals surface area contributed by atoms with E-state index < -0.39 is 0 Å². The standard InChI is InChI=1S/C41H53N11O3/c1-9-49-35(24-27(3)44-49)38(53)42-40-46(7)32-15-11-12-16-33(32)51(40)29(5)18-19-30(6)52-37-31(26-48-20-22-55-23-21-48)14-13-17-34(37)47(8)41(52)43-39(54)36-25-28(4)45-50(36)10-2/h11-17,24-25,29-30H,9-10,18-23,26H2,1-8H3/t29-,30+/m0/s1. The summed E-state index contributed by atoms with van der Waals surface area (Å²) < 4.78 is 17.6. The number of aromatic nitrogens is 8. The normalized spacial score (nSPS) is 15.8. The Balaban J connectivity index is 1.30. The van der Waals surface area contributed by atoms with E-state index in [0.717, 1.165) is 65.9 Å². The van der Waals surface area contributed by atoms with E-state index in [0.29, 0.717) is 48.9 Å². The second-order valence-corrected chi connectivity index (χ2v) is 14.7. The van der Waals surface area contributed by atoms with Crippen molar-refractivity contribution in [3.8, 4) is 0 Å². The smallest absolute Gasteiger partial charge is 0.298 e. The summed E-state index contributed by atoms with van der Waals surface area (Å²) in [5, 5.41) is 9.00. The summed E-state index contributed by atoms with van der Waals surface area (Å²) in [7, 11) is 3.95. The van der Waals surface area contributed by atoms with Crippen molar-refractivity contribution >= 4 is 33.9 Å². The van der Waals surface area contributed by atoms with Gasteiger partial charge >= 0.3 is 0 Å². The predicted octanol–water partition coefficient (Wildman–Crippen LogP) is 5.24. The Kier molecular flexibility index (Phi) is 10.9. The van der Waals surface area contributed by atoms with Crippen molar-refractivity contribution in [1.82, 2.24) is 42.7 Å². The number of hydrogen-bond acceptors (Lipinski definition) is 6. The second-order valence-electron chi connectivity index (χ2n) is 14.7. The Morgan fingerprint density at radius 2 is 1.24 bits per heavy atom. The molecule has 6 aromatic rings. The number of benzene rings is 2. The molecule has 5 heterocycles. The van der Waals surface area contributed by atoms with Gasteiger partial charge in [0.1, 0.15) is 11.4 Å². The lowest BCUT2D eigenvalue weighted by molar-refractivity contribution is 0.0343. The molecular weight excluding hydrogens is 695 g/mol. The van der Waals surface area contributed by atoms with Crippen LogP contribution in [-0.4, -0.2) is 80.8 Å². The van der Waals surface area contributed by atoms with Crippen molar-refractivity contribution in [1.29, 1.82) is 0 Å². The van der Waals surface area contributed by atoms with Crippen LogP contribution < -0.4 is 11.2 Å². The molecule has 2 aromatic carbocycles. The van der Waals surface area contributed by atoms with Gasteiger partial charge in [-0.25, -0.2) is 0 Å². The molecule has 4 aromatic heterocycles. The molecule has 2 amide bonds. The van der Waals surface area contributed by atoms with E-state index in [1.54, 1.807) is 15.4 Å². The van der Waals surface area contributed by atoms with Crippen molar-refractivity contribution in [2.24, 2.45) is 24.1 Å².